The molecule has 9 heteroatoms. The Kier molecular flexibility index (Phi) is 6.39. The van der Waals surface area contributed by atoms with Crippen molar-refractivity contribution in [3.05, 3.63) is 91.2 Å². The average Bonchev–Trinajstić information content (AvgIpc) is 3.14. The Bertz CT molecular complexity index is 1500. The van der Waals surface area contributed by atoms with E-state index < -0.39 is 17.1 Å². The SMILES string of the molecule is CCOc1ccc(-n2c(=O)c3c(C)c(C(=O)N(C)C)sc3n(Cc3cccc(F)c3)c2=O)cc1. The first kappa shape index (κ1) is 23.4. The number of ether oxygens (including phenoxy) is 1. The molecular formula is C25H24FN3O4S. The van der Waals surface area contributed by atoms with E-state index in [4.69, 9.17) is 4.74 Å². The van der Waals surface area contributed by atoms with E-state index >= 15 is 0 Å². The van der Waals surface area contributed by atoms with Gasteiger partial charge in [-0.2, -0.15) is 0 Å². The third-order valence-corrected chi connectivity index (χ3v) is 6.75. The first-order valence-electron chi connectivity index (χ1n) is 10.7. The number of nitrogens with zero attached hydrogens (tertiary/aromatic N) is 3. The van der Waals surface area contributed by atoms with Gasteiger partial charge in [-0.25, -0.2) is 13.8 Å². The number of benzene rings is 2. The third kappa shape index (κ3) is 4.14. The zero-order valence-electron chi connectivity index (χ0n) is 19.3. The number of rotatable bonds is 6. The lowest BCUT2D eigenvalue weighted by molar-refractivity contribution is 0.0831. The summed E-state index contributed by atoms with van der Waals surface area (Å²) in [6, 6.07) is 12.6. The molecule has 7 nitrogen and oxygen atoms in total. The molecule has 0 N–H and O–H groups in total. The fourth-order valence-electron chi connectivity index (χ4n) is 3.80. The summed E-state index contributed by atoms with van der Waals surface area (Å²) in [5, 5.41) is 0.292. The fourth-order valence-corrected chi connectivity index (χ4v) is 5.11. The summed E-state index contributed by atoms with van der Waals surface area (Å²) in [5.41, 5.74) is 0.366. The maximum Gasteiger partial charge on any atom is 0.337 e. The van der Waals surface area contributed by atoms with E-state index in [-0.39, 0.29) is 12.5 Å². The Morgan fingerprint density at radius 3 is 2.44 bits per heavy atom. The minimum absolute atomic E-state index is 0.0416. The van der Waals surface area contributed by atoms with Crippen LogP contribution in [0.3, 0.4) is 0 Å². The Hall–Kier alpha value is -3.72. The van der Waals surface area contributed by atoms with Gasteiger partial charge in [0.05, 0.1) is 29.1 Å². The molecule has 2 aromatic heterocycles. The molecule has 0 saturated heterocycles. The molecule has 176 valence electrons. The monoisotopic (exact) mass is 481 g/mol. The van der Waals surface area contributed by atoms with Crippen molar-refractivity contribution in [1.82, 2.24) is 14.0 Å². The van der Waals surface area contributed by atoms with Crippen LogP contribution in [0, 0.1) is 12.7 Å². The average molecular weight is 482 g/mol. The Morgan fingerprint density at radius 2 is 1.82 bits per heavy atom. The fraction of sp³-hybridized carbons (Fsp3) is 0.240. The van der Waals surface area contributed by atoms with E-state index in [1.807, 2.05) is 6.92 Å². The lowest BCUT2D eigenvalue weighted by Gasteiger charge is -2.13. The molecule has 0 saturated carbocycles. The largest absolute Gasteiger partial charge is 0.494 e. The number of carbonyl (C=O) groups excluding carboxylic acids is 1. The van der Waals surface area contributed by atoms with Gasteiger partial charge in [-0.3, -0.25) is 14.2 Å². The van der Waals surface area contributed by atoms with Gasteiger partial charge in [-0.15, -0.1) is 11.3 Å². The quantitative estimate of drug-likeness (QED) is 0.420. The highest BCUT2D eigenvalue weighted by Crippen LogP contribution is 2.29. The summed E-state index contributed by atoms with van der Waals surface area (Å²) in [5.74, 6) is -0.0611. The molecule has 0 atom stereocenters. The van der Waals surface area contributed by atoms with Crippen LogP contribution < -0.4 is 16.0 Å². The number of hydrogen-bond acceptors (Lipinski definition) is 5. The molecular weight excluding hydrogens is 457 g/mol. The number of aromatic nitrogens is 2. The van der Waals surface area contributed by atoms with Gasteiger partial charge >= 0.3 is 5.69 Å². The summed E-state index contributed by atoms with van der Waals surface area (Å²) in [6.07, 6.45) is 0. The van der Waals surface area contributed by atoms with E-state index in [0.29, 0.717) is 44.3 Å². The lowest BCUT2D eigenvalue weighted by atomic mass is 10.2. The molecule has 0 fully saturated rings. The van der Waals surface area contributed by atoms with Crippen LogP contribution >= 0.6 is 11.3 Å². The van der Waals surface area contributed by atoms with Crippen LogP contribution in [0.2, 0.25) is 0 Å². The van der Waals surface area contributed by atoms with Crippen molar-refractivity contribution in [1.29, 1.82) is 0 Å². The molecule has 0 radical (unpaired) electrons. The van der Waals surface area contributed by atoms with Gasteiger partial charge in [0.1, 0.15) is 16.4 Å². The maximum atomic E-state index is 13.9. The lowest BCUT2D eigenvalue weighted by Crippen LogP contribution is -2.38. The second-order valence-electron chi connectivity index (χ2n) is 8.00. The number of carbonyl (C=O) groups is 1. The Balaban J connectivity index is 2.02. The second-order valence-corrected chi connectivity index (χ2v) is 9.00. The van der Waals surface area contributed by atoms with E-state index in [1.54, 1.807) is 57.4 Å². The van der Waals surface area contributed by atoms with Crippen molar-refractivity contribution in [2.45, 2.75) is 20.4 Å². The molecule has 0 unspecified atom stereocenters. The standard InChI is InChI=1S/C25H24FN3O4S/c1-5-33-19-11-9-18(10-12-19)29-22(30)20-15(2)21(23(31)27(3)4)34-24(20)28(25(29)32)14-16-7-6-8-17(26)13-16/h6-13H,5,14H2,1-4H3. The minimum Gasteiger partial charge on any atom is -0.494 e. The number of hydrogen-bond donors (Lipinski definition) is 0. The predicted octanol–water partition coefficient (Wildman–Crippen LogP) is 3.81. The molecule has 34 heavy (non-hydrogen) atoms. The van der Waals surface area contributed by atoms with Crippen molar-refractivity contribution in [2.75, 3.05) is 20.7 Å². The topological polar surface area (TPSA) is 73.5 Å². The van der Waals surface area contributed by atoms with Crippen molar-refractivity contribution in [2.24, 2.45) is 0 Å². The molecule has 4 aromatic rings. The van der Waals surface area contributed by atoms with Crippen molar-refractivity contribution >= 4 is 27.5 Å². The molecule has 0 aliphatic carbocycles. The summed E-state index contributed by atoms with van der Waals surface area (Å²) in [7, 11) is 3.26. The van der Waals surface area contributed by atoms with Crippen molar-refractivity contribution in [3.63, 3.8) is 0 Å². The van der Waals surface area contributed by atoms with Gasteiger partial charge in [0, 0.05) is 14.1 Å². The number of aryl methyl sites for hydroxylation is 1. The van der Waals surface area contributed by atoms with Gasteiger partial charge in [-0.05, 0) is 61.4 Å². The molecule has 0 aliphatic rings. The van der Waals surface area contributed by atoms with Gasteiger partial charge in [-0.1, -0.05) is 12.1 Å². The van der Waals surface area contributed by atoms with Crippen LogP contribution in [0.15, 0.2) is 58.1 Å². The van der Waals surface area contributed by atoms with Crippen LogP contribution in [0.25, 0.3) is 15.9 Å². The molecule has 4 rings (SSSR count). The summed E-state index contributed by atoms with van der Waals surface area (Å²) in [6.45, 7) is 4.10. The number of fused-ring (bicyclic) bond motifs is 1. The highest BCUT2D eigenvalue weighted by molar-refractivity contribution is 7.20. The first-order valence-corrected chi connectivity index (χ1v) is 11.5. The van der Waals surface area contributed by atoms with Gasteiger partial charge in [0.25, 0.3) is 11.5 Å². The summed E-state index contributed by atoms with van der Waals surface area (Å²) >= 11 is 1.10. The number of amides is 1. The highest BCUT2D eigenvalue weighted by atomic mass is 32.1. The van der Waals surface area contributed by atoms with E-state index in [0.717, 1.165) is 15.9 Å². The predicted molar refractivity (Wildman–Crippen MR) is 131 cm³/mol. The smallest absolute Gasteiger partial charge is 0.337 e. The second kappa shape index (κ2) is 9.26. The van der Waals surface area contributed by atoms with E-state index in [9.17, 15) is 18.8 Å². The molecule has 2 heterocycles. The Morgan fingerprint density at radius 1 is 1.12 bits per heavy atom. The molecule has 0 aliphatic heterocycles. The molecule has 2 aromatic carbocycles. The van der Waals surface area contributed by atoms with Gasteiger partial charge in [0.2, 0.25) is 0 Å². The third-order valence-electron chi connectivity index (χ3n) is 5.45. The van der Waals surface area contributed by atoms with E-state index in [2.05, 4.69) is 0 Å². The molecule has 0 bridgehead atoms. The van der Waals surface area contributed by atoms with Crippen LogP contribution in [-0.2, 0) is 6.54 Å². The Labute approximate surface area is 199 Å². The van der Waals surface area contributed by atoms with Gasteiger partial charge in [0.15, 0.2) is 0 Å². The van der Waals surface area contributed by atoms with Crippen LogP contribution in [-0.4, -0.2) is 40.6 Å². The normalized spacial score (nSPS) is 11.1. The number of thiophene rings is 1. The summed E-state index contributed by atoms with van der Waals surface area (Å²) in [4.78, 5) is 42.2. The van der Waals surface area contributed by atoms with Crippen LogP contribution in [0.5, 0.6) is 5.75 Å². The summed E-state index contributed by atoms with van der Waals surface area (Å²) < 4.78 is 21.8. The van der Waals surface area contributed by atoms with Gasteiger partial charge < -0.3 is 9.64 Å². The van der Waals surface area contributed by atoms with Crippen molar-refractivity contribution in [3.8, 4) is 11.4 Å². The molecule has 0 spiro atoms. The zero-order valence-corrected chi connectivity index (χ0v) is 20.1. The van der Waals surface area contributed by atoms with Crippen LogP contribution in [0.1, 0.15) is 27.7 Å². The minimum atomic E-state index is -0.573. The molecule has 1 amide bonds. The highest BCUT2D eigenvalue weighted by Gasteiger charge is 2.24. The van der Waals surface area contributed by atoms with Crippen molar-refractivity contribution < 1.29 is 13.9 Å². The van der Waals surface area contributed by atoms with Crippen LogP contribution in [0.4, 0.5) is 4.39 Å². The zero-order chi connectivity index (χ0) is 24.6. The van der Waals surface area contributed by atoms with E-state index in [1.165, 1.54) is 21.6 Å². The number of halogens is 1. The maximum absolute atomic E-state index is 13.9. The first-order chi connectivity index (χ1) is 16.2.